The van der Waals surface area contributed by atoms with Crippen molar-refractivity contribution in [1.82, 2.24) is 0 Å². The van der Waals surface area contributed by atoms with Crippen LogP contribution in [0.4, 0.5) is 15.8 Å². The molecule has 15 heavy (non-hydrogen) atoms. The maximum Gasteiger partial charge on any atom is 0.295 e. The lowest BCUT2D eigenvalue weighted by Gasteiger charge is -2.16. The fourth-order valence-electron chi connectivity index (χ4n) is 1.58. The van der Waals surface area contributed by atoms with Crippen molar-refractivity contribution in [3.63, 3.8) is 0 Å². The zero-order valence-corrected chi connectivity index (χ0v) is 7.62. The molecule has 1 aliphatic heterocycles. The molecule has 1 N–H and O–H groups in total. The highest BCUT2D eigenvalue weighted by atomic mass is 19.1. The quantitative estimate of drug-likeness (QED) is 0.565. The lowest BCUT2D eigenvalue weighted by molar-refractivity contribution is -0.384. The second kappa shape index (κ2) is 3.30. The molecular formula is C9H7FN2O3. The number of halogens is 1. The van der Waals surface area contributed by atoms with E-state index < -0.39 is 16.4 Å². The van der Waals surface area contributed by atoms with Crippen molar-refractivity contribution < 1.29 is 14.1 Å². The second-order valence-corrected chi connectivity index (χ2v) is 3.26. The third-order valence-electron chi connectivity index (χ3n) is 2.25. The molecule has 1 aromatic rings. The molecule has 0 aromatic heterocycles. The van der Waals surface area contributed by atoms with Gasteiger partial charge in [-0.05, 0) is 18.1 Å². The topological polar surface area (TPSA) is 72.2 Å². The summed E-state index contributed by atoms with van der Waals surface area (Å²) in [5, 5.41) is 13.0. The lowest BCUT2D eigenvalue weighted by Crippen LogP contribution is -2.20. The van der Waals surface area contributed by atoms with Gasteiger partial charge in [0.25, 0.3) is 5.69 Å². The lowest BCUT2D eigenvalue weighted by atomic mass is 10.0. The first-order chi connectivity index (χ1) is 7.08. The second-order valence-electron chi connectivity index (χ2n) is 3.26. The van der Waals surface area contributed by atoms with Crippen LogP contribution in [-0.2, 0) is 11.2 Å². The fourth-order valence-corrected chi connectivity index (χ4v) is 1.58. The van der Waals surface area contributed by atoms with E-state index in [-0.39, 0.29) is 18.0 Å². The van der Waals surface area contributed by atoms with Gasteiger partial charge in [-0.2, -0.15) is 0 Å². The normalized spacial score (nSPS) is 14.3. The number of aryl methyl sites for hydroxylation is 1. The zero-order valence-electron chi connectivity index (χ0n) is 7.62. The number of nitro benzene ring substituents is 1. The number of benzene rings is 1. The van der Waals surface area contributed by atoms with Gasteiger partial charge in [0.05, 0.1) is 11.0 Å². The van der Waals surface area contributed by atoms with Crippen LogP contribution in [0.15, 0.2) is 12.1 Å². The maximum atomic E-state index is 13.0. The molecule has 0 fully saturated rings. The average molecular weight is 210 g/mol. The highest BCUT2D eigenvalue weighted by Gasteiger charge is 2.25. The van der Waals surface area contributed by atoms with Gasteiger partial charge in [-0.3, -0.25) is 14.9 Å². The van der Waals surface area contributed by atoms with Crippen molar-refractivity contribution in [3.8, 4) is 0 Å². The number of hydrogen-bond acceptors (Lipinski definition) is 3. The van der Waals surface area contributed by atoms with Gasteiger partial charge in [-0.25, -0.2) is 4.39 Å². The number of hydrogen-bond donors (Lipinski definition) is 1. The van der Waals surface area contributed by atoms with Crippen LogP contribution in [0.2, 0.25) is 0 Å². The number of nitro groups is 1. The minimum atomic E-state index is -0.701. The summed E-state index contributed by atoms with van der Waals surface area (Å²) in [4.78, 5) is 21.0. The first-order valence-corrected chi connectivity index (χ1v) is 4.34. The van der Waals surface area contributed by atoms with Gasteiger partial charge < -0.3 is 5.32 Å². The number of anilines is 1. The summed E-state index contributed by atoms with van der Waals surface area (Å²) >= 11 is 0. The molecule has 0 bridgehead atoms. The molecule has 0 saturated heterocycles. The van der Waals surface area contributed by atoms with Crippen LogP contribution in [0.5, 0.6) is 0 Å². The Morgan fingerprint density at radius 1 is 1.40 bits per heavy atom. The Bertz CT molecular complexity index is 459. The minimum absolute atomic E-state index is 0.123. The summed E-state index contributed by atoms with van der Waals surface area (Å²) in [5.74, 6) is -0.936. The SMILES string of the molecule is O=C1CCc2cc(F)cc([N+](=O)[O-])c2N1. The Hall–Kier alpha value is -1.98. The summed E-state index contributed by atoms with van der Waals surface area (Å²) in [7, 11) is 0. The van der Waals surface area contributed by atoms with E-state index in [1.54, 1.807) is 0 Å². The number of nitrogens with one attached hydrogen (secondary N) is 1. The van der Waals surface area contributed by atoms with Gasteiger partial charge in [-0.15, -0.1) is 0 Å². The van der Waals surface area contributed by atoms with E-state index >= 15 is 0 Å². The third-order valence-corrected chi connectivity index (χ3v) is 2.25. The predicted molar refractivity (Wildman–Crippen MR) is 50.0 cm³/mol. The molecule has 1 aromatic carbocycles. The number of rotatable bonds is 1. The van der Waals surface area contributed by atoms with Crippen LogP contribution in [0.25, 0.3) is 0 Å². The van der Waals surface area contributed by atoms with Crippen molar-refractivity contribution >= 4 is 17.3 Å². The van der Waals surface area contributed by atoms with Crippen molar-refractivity contribution in [2.45, 2.75) is 12.8 Å². The van der Waals surface area contributed by atoms with Crippen LogP contribution in [0.3, 0.4) is 0 Å². The summed E-state index contributed by atoms with van der Waals surface area (Å²) < 4.78 is 13.0. The Balaban J connectivity index is 2.60. The van der Waals surface area contributed by atoms with E-state index in [1.165, 1.54) is 6.07 Å². The summed E-state index contributed by atoms with van der Waals surface area (Å²) in [5.41, 5.74) is 0.206. The standard InChI is InChI=1S/C9H7FN2O3/c10-6-3-5-1-2-8(13)11-9(5)7(4-6)12(14)15/h3-4H,1-2H2,(H,11,13). The molecule has 1 amide bonds. The van der Waals surface area contributed by atoms with Crippen LogP contribution >= 0.6 is 0 Å². The highest BCUT2D eigenvalue weighted by molar-refractivity contribution is 5.96. The summed E-state index contributed by atoms with van der Waals surface area (Å²) in [6.07, 6.45) is 0.563. The highest BCUT2D eigenvalue weighted by Crippen LogP contribution is 2.33. The van der Waals surface area contributed by atoms with Gasteiger partial charge >= 0.3 is 0 Å². The van der Waals surface area contributed by atoms with Crippen LogP contribution in [0.1, 0.15) is 12.0 Å². The number of nitrogens with zero attached hydrogens (tertiary/aromatic N) is 1. The molecule has 0 saturated carbocycles. The number of amides is 1. The molecule has 1 heterocycles. The van der Waals surface area contributed by atoms with Gasteiger partial charge in [0.15, 0.2) is 0 Å². The van der Waals surface area contributed by atoms with Crippen molar-refractivity contribution in [3.05, 3.63) is 33.6 Å². The molecule has 0 unspecified atom stereocenters. The molecule has 5 nitrogen and oxygen atoms in total. The average Bonchev–Trinajstić information content (AvgIpc) is 2.17. The molecular weight excluding hydrogens is 203 g/mol. The Morgan fingerprint density at radius 2 is 2.13 bits per heavy atom. The van der Waals surface area contributed by atoms with E-state index in [9.17, 15) is 19.3 Å². The third kappa shape index (κ3) is 1.65. The smallest absolute Gasteiger partial charge is 0.295 e. The Labute approximate surface area is 84.1 Å². The molecule has 0 atom stereocenters. The maximum absolute atomic E-state index is 13.0. The molecule has 2 rings (SSSR count). The van der Waals surface area contributed by atoms with Gasteiger partial charge in [0, 0.05) is 6.42 Å². The molecule has 0 radical (unpaired) electrons. The Morgan fingerprint density at radius 3 is 2.80 bits per heavy atom. The van der Waals surface area contributed by atoms with E-state index in [2.05, 4.69) is 5.32 Å². The zero-order chi connectivity index (χ0) is 11.0. The number of carbonyl (C=O) groups excluding carboxylic acids is 1. The monoisotopic (exact) mass is 210 g/mol. The van der Waals surface area contributed by atoms with E-state index in [4.69, 9.17) is 0 Å². The van der Waals surface area contributed by atoms with E-state index in [0.717, 1.165) is 6.07 Å². The van der Waals surface area contributed by atoms with Gasteiger partial charge in [-0.1, -0.05) is 0 Å². The summed E-state index contributed by atoms with van der Waals surface area (Å²) in [6, 6.07) is 2.02. The van der Waals surface area contributed by atoms with Crippen LogP contribution < -0.4 is 5.32 Å². The summed E-state index contributed by atoms with van der Waals surface area (Å²) in [6.45, 7) is 0. The van der Waals surface area contributed by atoms with Gasteiger partial charge in [0.1, 0.15) is 11.5 Å². The molecule has 6 heteroatoms. The fraction of sp³-hybridized carbons (Fsp3) is 0.222. The predicted octanol–water partition coefficient (Wildman–Crippen LogP) is 1.62. The molecule has 78 valence electrons. The van der Waals surface area contributed by atoms with Crippen molar-refractivity contribution in [1.29, 1.82) is 0 Å². The van der Waals surface area contributed by atoms with E-state index in [0.29, 0.717) is 12.0 Å². The minimum Gasteiger partial charge on any atom is -0.320 e. The van der Waals surface area contributed by atoms with Crippen LogP contribution in [0, 0.1) is 15.9 Å². The first kappa shape index (κ1) is 9.57. The van der Waals surface area contributed by atoms with Crippen molar-refractivity contribution in [2.75, 3.05) is 5.32 Å². The first-order valence-electron chi connectivity index (χ1n) is 4.34. The molecule has 1 aliphatic rings. The van der Waals surface area contributed by atoms with E-state index in [1.807, 2.05) is 0 Å². The van der Waals surface area contributed by atoms with Gasteiger partial charge in [0.2, 0.25) is 5.91 Å². The van der Waals surface area contributed by atoms with Crippen molar-refractivity contribution in [2.24, 2.45) is 0 Å². The number of fused-ring (bicyclic) bond motifs is 1. The van der Waals surface area contributed by atoms with Crippen LogP contribution in [-0.4, -0.2) is 10.8 Å². The molecule has 0 aliphatic carbocycles. The Kier molecular flexibility index (Phi) is 2.11. The molecule has 0 spiro atoms. The number of carbonyl (C=O) groups is 1. The largest absolute Gasteiger partial charge is 0.320 e.